The molecule has 0 aliphatic carbocycles. The Morgan fingerprint density at radius 1 is 1.54 bits per heavy atom. The standard InChI is InChI=1S/C9H12INO2/c1-6(2)13-9(12)7-4-5-8(10)11(7)3/h4-6H,1-3H3. The Hall–Kier alpha value is -0.520. The van der Waals surface area contributed by atoms with Gasteiger partial charge in [0, 0.05) is 7.05 Å². The number of aromatic nitrogens is 1. The zero-order valence-corrected chi connectivity index (χ0v) is 10.0. The van der Waals surface area contributed by atoms with Crippen LogP contribution in [0.15, 0.2) is 12.1 Å². The van der Waals surface area contributed by atoms with Crippen LogP contribution in [0.5, 0.6) is 0 Å². The molecule has 1 rings (SSSR count). The van der Waals surface area contributed by atoms with Crippen molar-refractivity contribution in [3.63, 3.8) is 0 Å². The molecule has 4 heteroatoms. The molecule has 0 aliphatic rings. The Morgan fingerprint density at radius 2 is 2.15 bits per heavy atom. The van der Waals surface area contributed by atoms with Gasteiger partial charge in [-0.3, -0.25) is 0 Å². The van der Waals surface area contributed by atoms with E-state index in [2.05, 4.69) is 22.6 Å². The van der Waals surface area contributed by atoms with Gasteiger partial charge in [-0.05, 0) is 48.6 Å². The van der Waals surface area contributed by atoms with Gasteiger partial charge in [0.2, 0.25) is 0 Å². The molecule has 0 saturated heterocycles. The third-order valence-corrected chi connectivity index (χ3v) is 2.70. The van der Waals surface area contributed by atoms with Crippen LogP contribution >= 0.6 is 22.6 Å². The molecule has 1 aromatic heterocycles. The van der Waals surface area contributed by atoms with Gasteiger partial charge < -0.3 is 9.30 Å². The summed E-state index contributed by atoms with van der Waals surface area (Å²) in [5.74, 6) is -0.264. The molecule has 1 heterocycles. The van der Waals surface area contributed by atoms with E-state index in [-0.39, 0.29) is 12.1 Å². The van der Waals surface area contributed by atoms with Gasteiger partial charge in [0.05, 0.1) is 9.80 Å². The Kier molecular flexibility index (Phi) is 3.35. The van der Waals surface area contributed by atoms with E-state index >= 15 is 0 Å². The maximum Gasteiger partial charge on any atom is 0.355 e. The number of halogens is 1. The molecule has 0 N–H and O–H groups in total. The highest BCUT2D eigenvalue weighted by atomic mass is 127. The molecule has 0 amide bonds. The number of esters is 1. The number of carbonyl (C=O) groups is 1. The topological polar surface area (TPSA) is 31.2 Å². The van der Waals surface area contributed by atoms with Crippen molar-refractivity contribution in [3.8, 4) is 0 Å². The predicted octanol–water partition coefficient (Wildman–Crippen LogP) is 2.19. The summed E-state index contributed by atoms with van der Waals surface area (Å²) in [5, 5.41) is 0. The molecule has 0 radical (unpaired) electrons. The van der Waals surface area contributed by atoms with E-state index in [0.717, 1.165) is 3.70 Å². The number of hydrogen-bond donors (Lipinski definition) is 0. The van der Waals surface area contributed by atoms with Gasteiger partial charge in [-0.2, -0.15) is 0 Å². The van der Waals surface area contributed by atoms with Crippen molar-refractivity contribution in [3.05, 3.63) is 21.5 Å². The minimum atomic E-state index is -0.264. The molecule has 0 spiro atoms. The lowest BCUT2D eigenvalue weighted by Crippen LogP contribution is -2.15. The second-order valence-electron chi connectivity index (χ2n) is 3.05. The summed E-state index contributed by atoms with van der Waals surface area (Å²) >= 11 is 2.17. The first-order chi connectivity index (χ1) is 6.02. The summed E-state index contributed by atoms with van der Waals surface area (Å²) in [6, 6.07) is 3.66. The van der Waals surface area contributed by atoms with E-state index in [1.807, 2.05) is 31.5 Å². The lowest BCUT2D eigenvalue weighted by molar-refractivity contribution is 0.0366. The van der Waals surface area contributed by atoms with Gasteiger partial charge >= 0.3 is 5.97 Å². The van der Waals surface area contributed by atoms with Crippen LogP contribution < -0.4 is 0 Å². The smallest absolute Gasteiger partial charge is 0.355 e. The molecule has 13 heavy (non-hydrogen) atoms. The van der Waals surface area contributed by atoms with Gasteiger partial charge in [0.15, 0.2) is 0 Å². The number of nitrogens with zero attached hydrogens (tertiary/aromatic N) is 1. The fourth-order valence-electron chi connectivity index (χ4n) is 0.966. The number of carbonyl (C=O) groups excluding carboxylic acids is 1. The molecule has 0 aromatic carbocycles. The second-order valence-corrected chi connectivity index (χ2v) is 4.16. The maximum absolute atomic E-state index is 11.4. The monoisotopic (exact) mass is 293 g/mol. The molecule has 0 fully saturated rings. The Balaban J connectivity index is 2.83. The Morgan fingerprint density at radius 3 is 2.54 bits per heavy atom. The van der Waals surface area contributed by atoms with Crippen molar-refractivity contribution in [1.82, 2.24) is 4.57 Å². The Bertz CT molecular complexity index is 317. The van der Waals surface area contributed by atoms with Crippen LogP contribution in [0.25, 0.3) is 0 Å². The molecule has 0 atom stereocenters. The quantitative estimate of drug-likeness (QED) is 0.618. The van der Waals surface area contributed by atoms with Crippen LogP contribution in [-0.4, -0.2) is 16.6 Å². The van der Waals surface area contributed by atoms with Crippen LogP contribution in [0.4, 0.5) is 0 Å². The summed E-state index contributed by atoms with van der Waals surface area (Å²) in [6.07, 6.45) is -0.0694. The Labute approximate surface area is 91.2 Å². The van der Waals surface area contributed by atoms with E-state index in [4.69, 9.17) is 4.74 Å². The summed E-state index contributed by atoms with van der Waals surface area (Å²) in [5.41, 5.74) is 0.595. The van der Waals surface area contributed by atoms with Crippen molar-refractivity contribution in [1.29, 1.82) is 0 Å². The normalized spacial score (nSPS) is 10.5. The molecule has 0 bridgehead atoms. The lowest BCUT2D eigenvalue weighted by atomic mass is 10.4. The first-order valence-corrected chi connectivity index (χ1v) is 5.12. The van der Waals surface area contributed by atoms with Crippen molar-refractivity contribution in [2.75, 3.05) is 0 Å². The SMILES string of the molecule is CC(C)OC(=O)c1ccc(I)n1C. The highest BCUT2D eigenvalue weighted by Crippen LogP contribution is 2.11. The molecule has 0 saturated carbocycles. The molecular weight excluding hydrogens is 281 g/mol. The van der Waals surface area contributed by atoms with Crippen molar-refractivity contribution < 1.29 is 9.53 Å². The largest absolute Gasteiger partial charge is 0.458 e. The van der Waals surface area contributed by atoms with Crippen molar-refractivity contribution in [2.24, 2.45) is 7.05 Å². The third kappa shape index (κ3) is 2.46. The van der Waals surface area contributed by atoms with Gasteiger partial charge in [-0.15, -0.1) is 0 Å². The van der Waals surface area contributed by atoms with Crippen molar-refractivity contribution in [2.45, 2.75) is 20.0 Å². The van der Waals surface area contributed by atoms with E-state index in [0.29, 0.717) is 5.69 Å². The van der Waals surface area contributed by atoms with Crippen LogP contribution in [-0.2, 0) is 11.8 Å². The van der Waals surface area contributed by atoms with Crippen LogP contribution in [0.3, 0.4) is 0 Å². The first-order valence-electron chi connectivity index (χ1n) is 4.04. The zero-order valence-electron chi connectivity index (χ0n) is 7.87. The average molecular weight is 293 g/mol. The summed E-state index contributed by atoms with van der Waals surface area (Å²) in [7, 11) is 1.85. The van der Waals surface area contributed by atoms with Gasteiger partial charge in [0.25, 0.3) is 0 Å². The fraction of sp³-hybridized carbons (Fsp3) is 0.444. The summed E-state index contributed by atoms with van der Waals surface area (Å²) in [4.78, 5) is 11.4. The van der Waals surface area contributed by atoms with Crippen LogP contribution in [0, 0.1) is 3.70 Å². The van der Waals surface area contributed by atoms with Crippen molar-refractivity contribution >= 4 is 28.6 Å². The van der Waals surface area contributed by atoms with Crippen LogP contribution in [0.1, 0.15) is 24.3 Å². The van der Waals surface area contributed by atoms with Gasteiger partial charge in [0.1, 0.15) is 5.69 Å². The molecule has 0 aliphatic heterocycles. The molecule has 0 unspecified atom stereocenters. The van der Waals surface area contributed by atoms with Gasteiger partial charge in [-0.25, -0.2) is 4.79 Å². The number of rotatable bonds is 2. The average Bonchev–Trinajstić information content (AvgIpc) is 2.31. The number of hydrogen-bond acceptors (Lipinski definition) is 2. The first kappa shape index (κ1) is 10.6. The van der Waals surface area contributed by atoms with Gasteiger partial charge in [-0.1, -0.05) is 0 Å². The summed E-state index contributed by atoms with van der Waals surface area (Å²) in [6.45, 7) is 3.68. The maximum atomic E-state index is 11.4. The second kappa shape index (κ2) is 4.13. The highest BCUT2D eigenvalue weighted by molar-refractivity contribution is 14.1. The predicted molar refractivity (Wildman–Crippen MR) is 58.7 cm³/mol. The van der Waals surface area contributed by atoms with E-state index in [1.165, 1.54) is 0 Å². The van der Waals surface area contributed by atoms with Crippen LogP contribution in [0.2, 0.25) is 0 Å². The minimum absolute atomic E-state index is 0.0694. The van der Waals surface area contributed by atoms with E-state index in [9.17, 15) is 4.79 Å². The minimum Gasteiger partial charge on any atom is -0.458 e. The third-order valence-electron chi connectivity index (χ3n) is 1.61. The zero-order chi connectivity index (χ0) is 10.0. The number of ether oxygens (including phenoxy) is 1. The van der Waals surface area contributed by atoms with E-state index in [1.54, 1.807) is 6.07 Å². The highest BCUT2D eigenvalue weighted by Gasteiger charge is 2.13. The molecular formula is C9H12INO2. The summed E-state index contributed by atoms with van der Waals surface area (Å²) < 4.78 is 7.90. The fourth-order valence-corrected chi connectivity index (χ4v) is 1.41. The molecule has 72 valence electrons. The molecule has 1 aromatic rings. The lowest BCUT2D eigenvalue weighted by Gasteiger charge is -2.08. The van der Waals surface area contributed by atoms with E-state index < -0.39 is 0 Å². The molecule has 3 nitrogen and oxygen atoms in total.